The number of aromatic amines is 1. The van der Waals surface area contributed by atoms with Gasteiger partial charge in [0.2, 0.25) is 0 Å². The van der Waals surface area contributed by atoms with Gasteiger partial charge in [0.15, 0.2) is 0 Å². The molecule has 2 rings (SSSR count). The molecule has 0 saturated heterocycles. The van der Waals surface area contributed by atoms with Crippen molar-refractivity contribution in [1.29, 1.82) is 0 Å². The van der Waals surface area contributed by atoms with E-state index in [4.69, 9.17) is 11.6 Å². The van der Waals surface area contributed by atoms with Gasteiger partial charge in [0.1, 0.15) is 0 Å². The molecular formula is C8H4ClIN2O. The van der Waals surface area contributed by atoms with Crippen molar-refractivity contribution in [2.75, 3.05) is 0 Å². The van der Waals surface area contributed by atoms with E-state index in [1.165, 1.54) is 0 Å². The molecule has 66 valence electrons. The van der Waals surface area contributed by atoms with Gasteiger partial charge >= 0.3 is 0 Å². The molecule has 5 heteroatoms. The number of aromatic nitrogens is 2. The molecule has 0 aliphatic carbocycles. The molecule has 1 aromatic heterocycles. The van der Waals surface area contributed by atoms with Gasteiger partial charge < -0.3 is 4.98 Å². The van der Waals surface area contributed by atoms with Crippen LogP contribution in [0.3, 0.4) is 0 Å². The maximum absolute atomic E-state index is 11.0. The number of halogens is 2. The van der Waals surface area contributed by atoms with Crippen molar-refractivity contribution in [1.82, 2.24) is 9.97 Å². The van der Waals surface area contributed by atoms with Gasteiger partial charge in [0, 0.05) is 9.13 Å². The minimum atomic E-state index is -0.450. The maximum Gasteiger partial charge on any atom is 0.253 e. The molecule has 0 spiro atoms. The van der Waals surface area contributed by atoms with Crippen molar-refractivity contribution < 1.29 is 4.79 Å². The second-order valence-corrected chi connectivity index (χ2v) is 4.03. The van der Waals surface area contributed by atoms with Gasteiger partial charge in [-0.2, -0.15) is 0 Å². The fraction of sp³-hybridized carbons (Fsp3) is 0. The van der Waals surface area contributed by atoms with Gasteiger partial charge in [0.25, 0.3) is 5.24 Å². The Hall–Kier alpha value is -0.620. The molecule has 2 aromatic rings. The summed E-state index contributed by atoms with van der Waals surface area (Å²) < 4.78 is 0.828. The number of nitrogens with one attached hydrogen (secondary N) is 1. The van der Waals surface area contributed by atoms with Crippen LogP contribution in [0, 0.1) is 3.57 Å². The second kappa shape index (κ2) is 3.26. The predicted octanol–water partition coefficient (Wildman–Crippen LogP) is 2.55. The summed E-state index contributed by atoms with van der Waals surface area (Å²) >= 11 is 7.46. The van der Waals surface area contributed by atoms with Gasteiger partial charge in [-0.1, -0.05) is 0 Å². The van der Waals surface area contributed by atoms with Crippen LogP contribution in [0.5, 0.6) is 0 Å². The number of fused-ring (bicyclic) bond motifs is 1. The number of carbonyl (C=O) groups is 1. The normalized spacial score (nSPS) is 10.6. The molecule has 0 saturated carbocycles. The lowest BCUT2D eigenvalue weighted by Gasteiger charge is -1.97. The van der Waals surface area contributed by atoms with E-state index < -0.39 is 5.24 Å². The summed E-state index contributed by atoms with van der Waals surface area (Å²) in [5.41, 5.74) is 2.16. The lowest BCUT2D eigenvalue weighted by Crippen LogP contribution is -1.92. The van der Waals surface area contributed by atoms with Crippen LogP contribution >= 0.6 is 34.2 Å². The third kappa shape index (κ3) is 1.55. The Kier molecular flexibility index (Phi) is 2.25. The number of imidazole rings is 1. The SMILES string of the molecule is O=C(Cl)c1cc2nc[nH]c2cc1I. The molecule has 3 nitrogen and oxygen atoms in total. The number of carbonyl (C=O) groups excluding carboxylic acids is 1. The van der Waals surface area contributed by atoms with Crippen LogP contribution in [-0.4, -0.2) is 15.2 Å². The standard InChI is InChI=1S/C8H4ClIN2O/c9-8(13)4-1-6-7(2-5(4)10)12-3-11-6/h1-3H,(H,11,12). The molecule has 0 radical (unpaired) electrons. The van der Waals surface area contributed by atoms with Gasteiger partial charge in [-0.05, 0) is 46.3 Å². The van der Waals surface area contributed by atoms with E-state index in [1.807, 2.05) is 6.07 Å². The molecule has 0 amide bonds. The first kappa shape index (κ1) is 8.96. The van der Waals surface area contributed by atoms with E-state index in [1.54, 1.807) is 12.4 Å². The second-order valence-electron chi connectivity index (χ2n) is 2.53. The van der Waals surface area contributed by atoms with Crippen LogP contribution in [0.15, 0.2) is 18.5 Å². The number of nitrogens with zero attached hydrogens (tertiary/aromatic N) is 1. The average molecular weight is 306 g/mol. The van der Waals surface area contributed by atoms with Crippen LogP contribution in [-0.2, 0) is 0 Å². The molecule has 13 heavy (non-hydrogen) atoms. The molecule has 1 N–H and O–H groups in total. The fourth-order valence-electron chi connectivity index (χ4n) is 1.11. The Balaban J connectivity index is 2.76. The minimum Gasteiger partial charge on any atom is -0.345 e. The fourth-order valence-corrected chi connectivity index (χ4v) is 2.13. The quantitative estimate of drug-likeness (QED) is 0.650. The highest BCUT2D eigenvalue weighted by Crippen LogP contribution is 2.20. The van der Waals surface area contributed by atoms with E-state index in [9.17, 15) is 4.79 Å². The van der Waals surface area contributed by atoms with Crippen LogP contribution in [0.1, 0.15) is 10.4 Å². The van der Waals surface area contributed by atoms with Crippen LogP contribution in [0.25, 0.3) is 11.0 Å². The monoisotopic (exact) mass is 306 g/mol. The number of rotatable bonds is 1. The highest BCUT2D eigenvalue weighted by atomic mass is 127. The third-order valence-corrected chi connectivity index (χ3v) is 2.82. The number of hydrogen-bond donors (Lipinski definition) is 1. The Labute approximate surface area is 92.6 Å². The molecule has 0 bridgehead atoms. The summed E-state index contributed by atoms with van der Waals surface area (Å²) in [6, 6.07) is 3.53. The highest BCUT2D eigenvalue weighted by Gasteiger charge is 2.09. The van der Waals surface area contributed by atoms with E-state index in [2.05, 4.69) is 32.6 Å². The summed E-state index contributed by atoms with van der Waals surface area (Å²) in [6.07, 6.45) is 1.59. The maximum atomic E-state index is 11.0. The molecule has 0 aliphatic rings. The first-order chi connectivity index (χ1) is 6.18. The third-order valence-electron chi connectivity index (χ3n) is 1.72. The lowest BCUT2D eigenvalue weighted by molar-refractivity contribution is 0.108. The summed E-state index contributed by atoms with van der Waals surface area (Å²) in [5, 5.41) is -0.450. The molecule has 0 atom stereocenters. The minimum absolute atomic E-state index is 0.450. The largest absolute Gasteiger partial charge is 0.345 e. The number of benzene rings is 1. The summed E-state index contributed by atoms with van der Waals surface area (Å²) in [5.74, 6) is 0. The molecule has 1 heterocycles. The Morgan fingerprint density at radius 2 is 2.31 bits per heavy atom. The summed E-state index contributed by atoms with van der Waals surface area (Å²) in [6.45, 7) is 0. The van der Waals surface area contributed by atoms with Gasteiger partial charge in [-0.25, -0.2) is 4.98 Å². The zero-order valence-corrected chi connectivity index (χ0v) is 9.26. The van der Waals surface area contributed by atoms with Crippen molar-refractivity contribution >= 4 is 50.5 Å². The smallest absolute Gasteiger partial charge is 0.253 e. The summed E-state index contributed by atoms with van der Waals surface area (Å²) in [4.78, 5) is 17.9. The van der Waals surface area contributed by atoms with Gasteiger partial charge in [0.05, 0.1) is 17.4 Å². The van der Waals surface area contributed by atoms with E-state index in [-0.39, 0.29) is 0 Å². The van der Waals surface area contributed by atoms with Gasteiger partial charge in [-0.3, -0.25) is 4.79 Å². The summed E-state index contributed by atoms with van der Waals surface area (Å²) in [7, 11) is 0. The topological polar surface area (TPSA) is 45.8 Å². The first-order valence-electron chi connectivity index (χ1n) is 3.51. The first-order valence-corrected chi connectivity index (χ1v) is 4.96. The van der Waals surface area contributed by atoms with Crippen LogP contribution in [0.2, 0.25) is 0 Å². The molecule has 1 aromatic carbocycles. The van der Waals surface area contributed by atoms with Crippen molar-refractivity contribution in [2.45, 2.75) is 0 Å². The average Bonchev–Trinajstić information content (AvgIpc) is 2.48. The number of H-pyrrole nitrogens is 1. The number of hydrogen-bond acceptors (Lipinski definition) is 2. The van der Waals surface area contributed by atoms with E-state index in [0.717, 1.165) is 14.6 Å². The molecule has 0 unspecified atom stereocenters. The van der Waals surface area contributed by atoms with E-state index in [0.29, 0.717) is 5.56 Å². The van der Waals surface area contributed by atoms with Gasteiger partial charge in [-0.15, -0.1) is 0 Å². The van der Waals surface area contributed by atoms with Crippen LogP contribution < -0.4 is 0 Å². The van der Waals surface area contributed by atoms with Crippen LogP contribution in [0.4, 0.5) is 0 Å². The van der Waals surface area contributed by atoms with Crippen molar-refractivity contribution in [3.8, 4) is 0 Å². The van der Waals surface area contributed by atoms with Crippen molar-refractivity contribution in [3.05, 3.63) is 27.6 Å². The lowest BCUT2D eigenvalue weighted by atomic mass is 10.2. The zero-order valence-electron chi connectivity index (χ0n) is 6.34. The Morgan fingerprint density at radius 1 is 1.54 bits per heavy atom. The van der Waals surface area contributed by atoms with E-state index >= 15 is 0 Å². The molecule has 0 fully saturated rings. The zero-order chi connectivity index (χ0) is 9.42. The highest BCUT2D eigenvalue weighted by molar-refractivity contribution is 14.1. The molecular weight excluding hydrogens is 302 g/mol. The van der Waals surface area contributed by atoms with Crippen molar-refractivity contribution in [2.24, 2.45) is 0 Å². The molecule has 0 aliphatic heterocycles. The Morgan fingerprint density at radius 3 is 3.00 bits per heavy atom. The Bertz CT molecular complexity index is 480. The predicted molar refractivity (Wildman–Crippen MR) is 59.0 cm³/mol. The van der Waals surface area contributed by atoms with Crippen molar-refractivity contribution in [3.63, 3.8) is 0 Å².